The lowest BCUT2D eigenvalue weighted by Crippen LogP contribution is -2.33. The molecule has 5 heteroatoms. The molecule has 1 aromatic carbocycles. The van der Waals surface area contributed by atoms with Crippen molar-refractivity contribution in [2.24, 2.45) is 0 Å². The normalized spacial score (nSPS) is 11.9. The van der Waals surface area contributed by atoms with Crippen LogP contribution in [-0.2, 0) is 0 Å². The molecule has 17 heavy (non-hydrogen) atoms. The third-order valence-corrected chi connectivity index (χ3v) is 2.24. The van der Waals surface area contributed by atoms with Crippen molar-refractivity contribution in [1.29, 1.82) is 0 Å². The third kappa shape index (κ3) is 3.57. The molecular formula is C12H15NO4. The summed E-state index contributed by atoms with van der Waals surface area (Å²) >= 11 is 0. The Morgan fingerprint density at radius 2 is 1.94 bits per heavy atom. The first-order valence-corrected chi connectivity index (χ1v) is 5.18. The number of aliphatic hydroxyl groups is 1. The van der Waals surface area contributed by atoms with Crippen LogP contribution in [0.5, 0.6) is 0 Å². The summed E-state index contributed by atoms with van der Waals surface area (Å²) in [4.78, 5) is 24.0. The minimum Gasteiger partial charge on any atom is -0.478 e. The van der Waals surface area contributed by atoms with Crippen LogP contribution in [0.2, 0.25) is 0 Å². The molecule has 0 radical (unpaired) electrons. The first kappa shape index (κ1) is 13.2. The molecule has 1 amide bonds. The highest BCUT2D eigenvalue weighted by Crippen LogP contribution is 2.08. The number of aliphatic hydroxyl groups excluding tert-OH is 1. The number of amides is 1. The van der Waals surface area contributed by atoms with Gasteiger partial charge in [-0.1, -0.05) is 6.07 Å². The maximum atomic E-state index is 11.9. The van der Waals surface area contributed by atoms with E-state index in [1.165, 1.54) is 23.1 Å². The minimum atomic E-state index is -1.07. The Balaban J connectivity index is 2.89. The van der Waals surface area contributed by atoms with Gasteiger partial charge in [-0.15, -0.1) is 0 Å². The summed E-state index contributed by atoms with van der Waals surface area (Å²) in [5.41, 5.74) is 0.370. The molecule has 1 aromatic rings. The second kappa shape index (κ2) is 5.45. The van der Waals surface area contributed by atoms with Crippen LogP contribution < -0.4 is 0 Å². The summed E-state index contributed by atoms with van der Waals surface area (Å²) in [5.74, 6) is -1.38. The second-order valence-corrected chi connectivity index (χ2v) is 3.92. The number of carboxylic acid groups (broad SMARTS) is 1. The van der Waals surface area contributed by atoms with Gasteiger partial charge >= 0.3 is 5.97 Å². The minimum absolute atomic E-state index is 0.0706. The summed E-state index contributed by atoms with van der Waals surface area (Å²) in [6.07, 6.45) is -0.619. The fourth-order valence-electron chi connectivity index (χ4n) is 1.48. The molecule has 0 heterocycles. The van der Waals surface area contributed by atoms with E-state index in [9.17, 15) is 14.7 Å². The second-order valence-electron chi connectivity index (χ2n) is 3.92. The number of carbonyl (C=O) groups excluding carboxylic acids is 1. The average molecular weight is 237 g/mol. The monoisotopic (exact) mass is 237 g/mol. The van der Waals surface area contributed by atoms with E-state index in [0.717, 1.165) is 0 Å². The van der Waals surface area contributed by atoms with Crippen LogP contribution in [0.3, 0.4) is 0 Å². The molecule has 0 aromatic heterocycles. The average Bonchev–Trinajstić information content (AvgIpc) is 2.27. The topological polar surface area (TPSA) is 77.8 Å². The molecule has 2 N–H and O–H groups in total. The van der Waals surface area contributed by atoms with Crippen molar-refractivity contribution in [2.75, 3.05) is 13.6 Å². The van der Waals surface area contributed by atoms with E-state index in [1.807, 2.05) is 0 Å². The lowest BCUT2D eigenvalue weighted by molar-refractivity contribution is 0.0696. The number of nitrogens with zero attached hydrogens (tertiary/aromatic N) is 1. The Morgan fingerprint density at radius 1 is 1.35 bits per heavy atom. The highest BCUT2D eigenvalue weighted by molar-refractivity contribution is 5.97. The van der Waals surface area contributed by atoms with Crippen molar-refractivity contribution in [3.8, 4) is 0 Å². The summed E-state index contributed by atoms with van der Waals surface area (Å²) in [6, 6.07) is 5.82. The smallest absolute Gasteiger partial charge is 0.335 e. The van der Waals surface area contributed by atoms with Gasteiger partial charge in [-0.3, -0.25) is 4.79 Å². The van der Waals surface area contributed by atoms with E-state index in [4.69, 9.17) is 5.11 Å². The fourth-order valence-corrected chi connectivity index (χ4v) is 1.48. The highest BCUT2D eigenvalue weighted by atomic mass is 16.4. The molecule has 0 spiro atoms. The number of likely N-dealkylation sites (N-methyl/N-ethyl adjacent to an activating group) is 1. The SMILES string of the molecule is CC(O)CN(C)C(=O)c1cccc(C(=O)O)c1. The van der Waals surface area contributed by atoms with Crippen molar-refractivity contribution >= 4 is 11.9 Å². The van der Waals surface area contributed by atoms with Gasteiger partial charge in [-0.2, -0.15) is 0 Å². The van der Waals surface area contributed by atoms with Gasteiger partial charge in [0, 0.05) is 19.2 Å². The molecule has 0 fully saturated rings. The van der Waals surface area contributed by atoms with Gasteiger partial charge in [0.15, 0.2) is 0 Å². The number of hydrogen-bond donors (Lipinski definition) is 2. The largest absolute Gasteiger partial charge is 0.478 e. The highest BCUT2D eigenvalue weighted by Gasteiger charge is 2.14. The Labute approximate surface area is 99.3 Å². The Hall–Kier alpha value is -1.88. The molecule has 5 nitrogen and oxygen atoms in total. The summed E-state index contributed by atoms with van der Waals surface area (Å²) in [6.45, 7) is 1.79. The van der Waals surface area contributed by atoms with E-state index in [1.54, 1.807) is 20.0 Å². The maximum absolute atomic E-state index is 11.9. The number of rotatable bonds is 4. The van der Waals surface area contributed by atoms with Gasteiger partial charge in [0.05, 0.1) is 11.7 Å². The van der Waals surface area contributed by atoms with Crippen LogP contribution >= 0.6 is 0 Å². The zero-order valence-corrected chi connectivity index (χ0v) is 9.75. The molecule has 0 aliphatic rings. The van der Waals surface area contributed by atoms with Crippen molar-refractivity contribution in [2.45, 2.75) is 13.0 Å². The predicted molar refractivity (Wildman–Crippen MR) is 62.0 cm³/mol. The molecule has 0 bridgehead atoms. The van der Waals surface area contributed by atoms with Crippen LogP contribution in [0.15, 0.2) is 24.3 Å². The van der Waals surface area contributed by atoms with Crippen LogP contribution in [0.1, 0.15) is 27.6 Å². The Bertz CT molecular complexity index is 428. The van der Waals surface area contributed by atoms with E-state index in [2.05, 4.69) is 0 Å². The maximum Gasteiger partial charge on any atom is 0.335 e. The van der Waals surface area contributed by atoms with Crippen molar-refractivity contribution in [3.63, 3.8) is 0 Å². The van der Waals surface area contributed by atoms with Gasteiger partial charge in [0.2, 0.25) is 0 Å². The van der Waals surface area contributed by atoms with Gasteiger partial charge in [-0.25, -0.2) is 4.79 Å². The lowest BCUT2D eigenvalue weighted by Gasteiger charge is -2.18. The molecule has 0 saturated carbocycles. The molecule has 1 atom stereocenters. The molecule has 0 aliphatic carbocycles. The molecule has 92 valence electrons. The van der Waals surface area contributed by atoms with E-state index in [0.29, 0.717) is 5.56 Å². The first-order valence-electron chi connectivity index (χ1n) is 5.18. The molecule has 1 unspecified atom stereocenters. The van der Waals surface area contributed by atoms with Crippen molar-refractivity contribution in [3.05, 3.63) is 35.4 Å². The molecule has 0 aliphatic heterocycles. The van der Waals surface area contributed by atoms with Gasteiger partial charge in [-0.05, 0) is 25.1 Å². The predicted octanol–water partition coefficient (Wildman–Crippen LogP) is 0.838. The Kier molecular flexibility index (Phi) is 4.23. The zero-order valence-electron chi connectivity index (χ0n) is 9.75. The van der Waals surface area contributed by atoms with Crippen LogP contribution in [0.25, 0.3) is 0 Å². The van der Waals surface area contributed by atoms with Crippen LogP contribution in [0, 0.1) is 0 Å². The molecule has 0 saturated heterocycles. The summed E-state index contributed by atoms with van der Waals surface area (Å²) in [7, 11) is 1.56. The fraction of sp³-hybridized carbons (Fsp3) is 0.333. The number of carboxylic acids is 1. The zero-order chi connectivity index (χ0) is 13.0. The number of carbonyl (C=O) groups is 2. The van der Waals surface area contributed by atoms with E-state index in [-0.39, 0.29) is 18.0 Å². The first-order chi connectivity index (χ1) is 7.91. The molecule has 1 rings (SSSR count). The quantitative estimate of drug-likeness (QED) is 0.813. The number of benzene rings is 1. The lowest BCUT2D eigenvalue weighted by atomic mass is 10.1. The van der Waals surface area contributed by atoms with Crippen LogP contribution in [-0.4, -0.2) is 46.7 Å². The van der Waals surface area contributed by atoms with E-state index < -0.39 is 12.1 Å². The molecular weight excluding hydrogens is 222 g/mol. The standard InChI is InChI=1S/C12H15NO4/c1-8(14)7-13(2)11(15)9-4-3-5-10(6-9)12(16)17/h3-6,8,14H,7H2,1-2H3,(H,16,17). The van der Waals surface area contributed by atoms with Crippen molar-refractivity contribution in [1.82, 2.24) is 4.90 Å². The summed E-state index contributed by atoms with van der Waals surface area (Å²) in [5, 5.41) is 18.0. The van der Waals surface area contributed by atoms with Gasteiger partial charge in [0.1, 0.15) is 0 Å². The number of aromatic carboxylic acids is 1. The van der Waals surface area contributed by atoms with Gasteiger partial charge < -0.3 is 15.1 Å². The summed E-state index contributed by atoms with van der Waals surface area (Å²) < 4.78 is 0. The van der Waals surface area contributed by atoms with Crippen LogP contribution in [0.4, 0.5) is 0 Å². The Morgan fingerprint density at radius 3 is 2.47 bits per heavy atom. The number of hydrogen-bond acceptors (Lipinski definition) is 3. The van der Waals surface area contributed by atoms with Gasteiger partial charge in [0.25, 0.3) is 5.91 Å². The van der Waals surface area contributed by atoms with Crippen molar-refractivity contribution < 1.29 is 19.8 Å². The third-order valence-electron chi connectivity index (χ3n) is 2.24. The van der Waals surface area contributed by atoms with E-state index >= 15 is 0 Å².